The van der Waals surface area contributed by atoms with Gasteiger partial charge in [0.25, 0.3) is 0 Å². The largest absolute Gasteiger partial charge is 0.396 e. The Labute approximate surface area is 120 Å². The standard InChI is InChI=1S/C16H25N3O/c1-3-4-14(7-8-20)9-17-10-15-11-18-16-6-5-13(2)12-19(15)16/h5-6,11-12,14,17,20H,3-4,7-10H2,1-2H3. The zero-order chi connectivity index (χ0) is 14.4. The first-order valence-corrected chi connectivity index (χ1v) is 7.48. The smallest absolute Gasteiger partial charge is 0.136 e. The minimum absolute atomic E-state index is 0.279. The normalized spacial score (nSPS) is 12.9. The van der Waals surface area contributed by atoms with E-state index in [-0.39, 0.29) is 6.61 Å². The molecule has 2 rings (SSSR count). The van der Waals surface area contributed by atoms with E-state index in [1.807, 2.05) is 12.3 Å². The highest BCUT2D eigenvalue weighted by molar-refractivity contribution is 5.41. The Hall–Kier alpha value is -1.39. The SMILES string of the molecule is CCCC(CCO)CNCc1cnc2ccc(C)cn12. The molecule has 2 aromatic heterocycles. The Kier molecular flexibility index (Phi) is 5.56. The molecule has 0 aromatic carbocycles. The van der Waals surface area contributed by atoms with Crippen molar-refractivity contribution in [3.63, 3.8) is 0 Å². The number of aliphatic hydroxyl groups is 1. The number of imidazole rings is 1. The quantitative estimate of drug-likeness (QED) is 0.778. The molecule has 110 valence electrons. The van der Waals surface area contributed by atoms with Gasteiger partial charge in [0.1, 0.15) is 5.65 Å². The van der Waals surface area contributed by atoms with Crippen LogP contribution in [0, 0.1) is 12.8 Å². The summed E-state index contributed by atoms with van der Waals surface area (Å²) in [5.74, 6) is 0.561. The third-order valence-corrected chi connectivity index (χ3v) is 3.70. The van der Waals surface area contributed by atoms with Gasteiger partial charge in [-0.25, -0.2) is 4.98 Å². The van der Waals surface area contributed by atoms with E-state index in [0.29, 0.717) is 5.92 Å². The van der Waals surface area contributed by atoms with E-state index < -0.39 is 0 Å². The number of nitrogens with zero attached hydrogens (tertiary/aromatic N) is 2. The molecule has 0 aliphatic carbocycles. The molecule has 0 aliphatic rings. The number of pyridine rings is 1. The number of aliphatic hydroxyl groups excluding tert-OH is 1. The molecular formula is C16H25N3O. The lowest BCUT2D eigenvalue weighted by Crippen LogP contribution is -2.23. The molecule has 0 amide bonds. The zero-order valence-electron chi connectivity index (χ0n) is 12.5. The van der Waals surface area contributed by atoms with Crippen molar-refractivity contribution in [1.82, 2.24) is 14.7 Å². The van der Waals surface area contributed by atoms with Gasteiger partial charge < -0.3 is 14.8 Å². The Bertz CT molecular complexity index is 530. The first-order valence-electron chi connectivity index (χ1n) is 7.48. The topological polar surface area (TPSA) is 49.6 Å². The molecule has 0 fully saturated rings. The first kappa shape index (κ1) is 15.0. The minimum atomic E-state index is 0.279. The van der Waals surface area contributed by atoms with Gasteiger partial charge in [-0.15, -0.1) is 0 Å². The maximum atomic E-state index is 9.08. The summed E-state index contributed by atoms with van der Waals surface area (Å²) in [6.45, 7) is 6.33. The second-order valence-electron chi connectivity index (χ2n) is 5.48. The van der Waals surface area contributed by atoms with Gasteiger partial charge in [-0.2, -0.15) is 0 Å². The van der Waals surface area contributed by atoms with E-state index in [0.717, 1.165) is 25.2 Å². The van der Waals surface area contributed by atoms with Crippen molar-refractivity contribution in [2.24, 2.45) is 5.92 Å². The average molecular weight is 275 g/mol. The molecule has 0 radical (unpaired) electrons. The van der Waals surface area contributed by atoms with E-state index in [2.05, 4.69) is 40.8 Å². The number of rotatable bonds is 8. The van der Waals surface area contributed by atoms with Crippen LogP contribution in [0.4, 0.5) is 0 Å². The predicted octanol–water partition coefficient (Wildman–Crippen LogP) is 2.53. The van der Waals surface area contributed by atoms with Crippen LogP contribution in [0.1, 0.15) is 37.4 Å². The second kappa shape index (κ2) is 7.41. The average Bonchev–Trinajstić information content (AvgIpc) is 2.82. The highest BCUT2D eigenvalue weighted by atomic mass is 16.3. The summed E-state index contributed by atoms with van der Waals surface area (Å²) in [4.78, 5) is 4.41. The van der Waals surface area contributed by atoms with Crippen LogP contribution >= 0.6 is 0 Å². The monoisotopic (exact) mass is 275 g/mol. The number of hydrogen-bond acceptors (Lipinski definition) is 3. The highest BCUT2D eigenvalue weighted by Gasteiger charge is 2.08. The predicted molar refractivity (Wildman–Crippen MR) is 81.7 cm³/mol. The molecule has 0 bridgehead atoms. The van der Waals surface area contributed by atoms with Gasteiger partial charge in [0, 0.05) is 19.3 Å². The third kappa shape index (κ3) is 3.81. The highest BCUT2D eigenvalue weighted by Crippen LogP contribution is 2.11. The molecule has 4 nitrogen and oxygen atoms in total. The molecule has 4 heteroatoms. The van der Waals surface area contributed by atoms with Gasteiger partial charge in [-0.05, 0) is 43.9 Å². The lowest BCUT2D eigenvalue weighted by atomic mass is 10.0. The maximum Gasteiger partial charge on any atom is 0.136 e. The van der Waals surface area contributed by atoms with E-state index in [1.165, 1.54) is 24.1 Å². The van der Waals surface area contributed by atoms with Crippen LogP contribution in [0.3, 0.4) is 0 Å². The molecule has 0 saturated carbocycles. The van der Waals surface area contributed by atoms with Crippen LogP contribution in [0.5, 0.6) is 0 Å². The Morgan fingerprint density at radius 3 is 2.95 bits per heavy atom. The van der Waals surface area contributed by atoms with E-state index in [1.54, 1.807) is 0 Å². The molecule has 0 saturated heterocycles. The summed E-state index contributed by atoms with van der Waals surface area (Å²) in [7, 11) is 0. The number of aromatic nitrogens is 2. The second-order valence-corrected chi connectivity index (χ2v) is 5.48. The van der Waals surface area contributed by atoms with Crippen molar-refractivity contribution < 1.29 is 5.11 Å². The molecule has 20 heavy (non-hydrogen) atoms. The summed E-state index contributed by atoms with van der Waals surface area (Å²) >= 11 is 0. The van der Waals surface area contributed by atoms with E-state index in [9.17, 15) is 0 Å². The summed E-state index contributed by atoms with van der Waals surface area (Å²) in [6, 6.07) is 4.13. The van der Waals surface area contributed by atoms with E-state index >= 15 is 0 Å². The molecule has 0 spiro atoms. The number of aryl methyl sites for hydroxylation is 1. The summed E-state index contributed by atoms with van der Waals surface area (Å²) in [5.41, 5.74) is 3.41. The van der Waals surface area contributed by atoms with Crippen LogP contribution in [-0.2, 0) is 6.54 Å². The van der Waals surface area contributed by atoms with Crippen molar-refractivity contribution in [2.45, 2.75) is 39.7 Å². The summed E-state index contributed by atoms with van der Waals surface area (Å²) in [6.07, 6.45) is 7.27. The van der Waals surface area contributed by atoms with Gasteiger partial charge in [-0.3, -0.25) is 0 Å². The van der Waals surface area contributed by atoms with Crippen molar-refractivity contribution in [2.75, 3.05) is 13.2 Å². The van der Waals surface area contributed by atoms with Crippen LogP contribution in [0.2, 0.25) is 0 Å². The third-order valence-electron chi connectivity index (χ3n) is 3.70. The van der Waals surface area contributed by atoms with Crippen molar-refractivity contribution in [3.05, 3.63) is 35.8 Å². The van der Waals surface area contributed by atoms with Crippen LogP contribution in [0.25, 0.3) is 5.65 Å². The number of fused-ring (bicyclic) bond motifs is 1. The minimum Gasteiger partial charge on any atom is -0.396 e. The lowest BCUT2D eigenvalue weighted by molar-refractivity contribution is 0.248. The Morgan fingerprint density at radius 1 is 1.35 bits per heavy atom. The van der Waals surface area contributed by atoms with Crippen molar-refractivity contribution >= 4 is 5.65 Å². The fourth-order valence-electron chi connectivity index (χ4n) is 2.61. The van der Waals surface area contributed by atoms with E-state index in [4.69, 9.17) is 5.11 Å². The lowest BCUT2D eigenvalue weighted by Gasteiger charge is -2.15. The number of nitrogens with one attached hydrogen (secondary N) is 1. The summed E-state index contributed by atoms with van der Waals surface area (Å²) < 4.78 is 2.14. The van der Waals surface area contributed by atoms with Gasteiger partial charge in [0.15, 0.2) is 0 Å². The van der Waals surface area contributed by atoms with Crippen molar-refractivity contribution in [3.8, 4) is 0 Å². The Morgan fingerprint density at radius 2 is 2.20 bits per heavy atom. The van der Waals surface area contributed by atoms with Crippen molar-refractivity contribution in [1.29, 1.82) is 0 Å². The van der Waals surface area contributed by atoms with Crippen LogP contribution in [0.15, 0.2) is 24.5 Å². The first-order chi connectivity index (χ1) is 9.74. The summed E-state index contributed by atoms with van der Waals surface area (Å²) in [5, 5.41) is 12.6. The molecule has 1 atom stereocenters. The van der Waals surface area contributed by atoms with Gasteiger partial charge in [0.05, 0.1) is 11.9 Å². The fraction of sp³-hybridized carbons (Fsp3) is 0.562. The molecular weight excluding hydrogens is 250 g/mol. The molecule has 2 N–H and O–H groups in total. The van der Waals surface area contributed by atoms with Gasteiger partial charge in [-0.1, -0.05) is 19.4 Å². The fourth-order valence-corrected chi connectivity index (χ4v) is 2.61. The molecule has 0 aliphatic heterocycles. The van der Waals surface area contributed by atoms with Crippen LogP contribution in [-0.4, -0.2) is 27.6 Å². The number of hydrogen-bond donors (Lipinski definition) is 2. The van der Waals surface area contributed by atoms with Gasteiger partial charge in [0.2, 0.25) is 0 Å². The maximum absolute atomic E-state index is 9.08. The molecule has 2 aromatic rings. The molecule has 2 heterocycles. The van der Waals surface area contributed by atoms with Crippen LogP contribution < -0.4 is 5.32 Å². The zero-order valence-corrected chi connectivity index (χ0v) is 12.5. The Balaban J connectivity index is 1.93. The molecule has 1 unspecified atom stereocenters. The van der Waals surface area contributed by atoms with Gasteiger partial charge >= 0.3 is 0 Å².